The average Bonchev–Trinajstić information content (AvgIpc) is 2.59. The molecular formula is C20H22BrFN2O2. The lowest BCUT2D eigenvalue weighted by atomic mass is 9.95. The fourth-order valence-corrected chi connectivity index (χ4v) is 4.02. The van der Waals surface area contributed by atoms with Crippen LogP contribution in [0, 0.1) is 5.82 Å². The molecule has 1 unspecified atom stereocenters. The van der Waals surface area contributed by atoms with E-state index in [4.69, 9.17) is 5.11 Å². The van der Waals surface area contributed by atoms with Gasteiger partial charge in [-0.1, -0.05) is 40.2 Å². The molecule has 1 heterocycles. The highest BCUT2D eigenvalue weighted by Gasteiger charge is 2.31. The minimum absolute atomic E-state index is 0.00234. The summed E-state index contributed by atoms with van der Waals surface area (Å²) in [7, 11) is 0. The topological polar surface area (TPSA) is 43.8 Å². The van der Waals surface area contributed by atoms with Crippen molar-refractivity contribution in [2.24, 2.45) is 0 Å². The van der Waals surface area contributed by atoms with Crippen LogP contribution < -0.4 is 0 Å². The summed E-state index contributed by atoms with van der Waals surface area (Å²) in [6.45, 7) is 4.32. The molecule has 2 atom stereocenters. The van der Waals surface area contributed by atoms with Crippen LogP contribution in [0.15, 0.2) is 53.0 Å². The highest BCUT2D eigenvalue weighted by molar-refractivity contribution is 9.10. The van der Waals surface area contributed by atoms with Crippen LogP contribution in [0.3, 0.4) is 0 Å². The Morgan fingerprint density at radius 2 is 1.96 bits per heavy atom. The number of carboxylic acids is 1. The van der Waals surface area contributed by atoms with Gasteiger partial charge >= 0.3 is 5.97 Å². The molecule has 0 aliphatic carbocycles. The van der Waals surface area contributed by atoms with Crippen molar-refractivity contribution < 1.29 is 14.3 Å². The first-order chi connectivity index (χ1) is 12.4. The van der Waals surface area contributed by atoms with Crippen molar-refractivity contribution in [3.63, 3.8) is 0 Å². The Kier molecular flexibility index (Phi) is 6.06. The monoisotopic (exact) mass is 420 g/mol. The Morgan fingerprint density at radius 3 is 2.58 bits per heavy atom. The van der Waals surface area contributed by atoms with Gasteiger partial charge in [-0.05, 0) is 42.3 Å². The lowest BCUT2D eigenvalue weighted by Gasteiger charge is -2.43. The predicted octanol–water partition coefficient (Wildman–Crippen LogP) is 3.77. The van der Waals surface area contributed by atoms with Crippen molar-refractivity contribution in [1.29, 1.82) is 0 Å². The van der Waals surface area contributed by atoms with E-state index < -0.39 is 5.97 Å². The summed E-state index contributed by atoms with van der Waals surface area (Å²) in [4.78, 5) is 15.4. The van der Waals surface area contributed by atoms with Crippen LogP contribution in [0.5, 0.6) is 0 Å². The van der Waals surface area contributed by atoms with Crippen LogP contribution in [-0.4, -0.2) is 53.1 Å². The molecule has 2 aromatic rings. The molecule has 0 amide bonds. The van der Waals surface area contributed by atoms with E-state index >= 15 is 0 Å². The van der Waals surface area contributed by atoms with Crippen LogP contribution >= 0.6 is 15.9 Å². The Balaban J connectivity index is 1.89. The fraction of sp³-hybridized carbons (Fsp3) is 0.350. The molecule has 2 aromatic carbocycles. The van der Waals surface area contributed by atoms with E-state index in [9.17, 15) is 9.18 Å². The van der Waals surface area contributed by atoms with E-state index in [0.29, 0.717) is 6.54 Å². The van der Waals surface area contributed by atoms with Gasteiger partial charge in [0, 0.05) is 30.1 Å². The minimum Gasteiger partial charge on any atom is -0.480 e. The zero-order valence-electron chi connectivity index (χ0n) is 14.6. The molecule has 1 saturated heterocycles. The van der Waals surface area contributed by atoms with Crippen LogP contribution in [0.2, 0.25) is 0 Å². The molecular weight excluding hydrogens is 399 g/mol. The van der Waals surface area contributed by atoms with Gasteiger partial charge in [-0.15, -0.1) is 0 Å². The van der Waals surface area contributed by atoms with Gasteiger partial charge in [0.1, 0.15) is 5.82 Å². The highest BCUT2D eigenvalue weighted by Crippen LogP contribution is 2.32. The molecule has 1 fully saturated rings. The van der Waals surface area contributed by atoms with Crippen molar-refractivity contribution in [3.05, 3.63) is 69.9 Å². The normalized spacial score (nSPS) is 20.0. The smallest absolute Gasteiger partial charge is 0.317 e. The average molecular weight is 421 g/mol. The Morgan fingerprint density at radius 1 is 1.23 bits per heavy atom. The van der Waals surface area contributed by atoms with Crippen LogP contribution in [0.1, 0.15) is 24.1 Å². The van der Waals surface area contributed by atoms with Crippen molar-refractivity contribution in [2.45, 2.75) is 19.0 Å². The number of carboxylic acid groups (broad SMARTS) is 1. The van der Waals surface area contributed by atoms with Gasteiger partial charge in [0.25, 0.3) is 0 Å². The largest absolute Gasteiger partial charge is 0.480 e. The molecule has 1 aliphatic rings. The number of hydrogen-bond donors (Lipinski definition) is 1. The first-order valence-electron chi connectivity index (χ1n) is 8.65. The second kappa shape index (κ2) is 8.29. The lowest BCUT2D eigenvalue weighted by molar-refractivity contribution is -0.139. The SMILES string of the molecule is CC1CN([C@H](c2ccc(F)cc2)c2cccc(Br)c2)CCN1CC(=O)O. The van der Waals surface area contributed by atoms with Gasteiger partial charge in [-0.3, -0.25) is 14.6 Å². The Bertz CT molecular complexity index is 769. The number of hydrogen-bond acceptors (Lipinski definition) is 3. The number of nitrogens with zero attached hydrogens (tertiary/aromatic N) is 2. The number of aliphatic carboxylic acids is 1. The fourth-order valence-electron chi connectivity index (χ4n) is 3.60. The molecule has 138 valence electrons. The van der Waals surface area contributed by atoms with Crippen molar-refractivity contribution in [2.75, 3.05) is 26.2 Å². The second-order valence-corrected chi connectivity index (χ2v) is 7.63. The summed E-state index contributed by atoms with van der Waals surface area (Å²) in [5.74, 6) is -1.05. The second-order valence-electron chi connectivity index (χ2n) is 6.72. The molecule has 26 heavy (non-hydrogen) atoms. The summed E-state index contributed by atoms with van der Waals surface area (Å²) in [5.41, 5.74) is 2.16. The zero-order chi connectivity index (χ0) is 18.7. The van der Waals surface area contributed by atoms with E-state index in [1.54, 1.807) is 0 Å². The number of benzene rings is 2. The molecule has 0 saturated carbocycles. The van der Waals surface area contributed by atoms with E-state index in [1.807, 2.05) is 29.2 Å². The Labute approximate surface area is 161 Å². The van der Waals surface area contributed by atoms with E-state index in [2.05, 4.69) is 39.9 Å². The molecule has 0 spiro atoms. The third-order valence-corrected chi connectivity index (χ3v) is 5.34. The van der Waals surface area contributed by atoms with Crippen LogP contribution in [-0.2, 0) is 4.79 Å². The molecule has 0 bridgehead atoms. The first-order valence-corrected chi connectivity index (χ1v) is 9.44. The molecule has 1 N–H and O–H groups in total. The van der Waals surface area contributed by atoms with E-state index in [-0.39, 0.29) is 24.4 Å². The minimum atomic E-state index is -0.799. The van der Waals surface area contributed by atoms with E-state index in [1.165, 1.54) is 12.1 Å². The quantitative estimate of drug-likeness (QED) is 0.799. The maximum Gasteiger partial charge on any atom is 0.317 e. The van der Waals surface area contributed by atoms with Gasteiger partial charge in [0.05, 0.1) is 12.6 Å². The maximum absolute atomic E-state index is 13.4. The number of rotatable bonds is 5. The molecule has 1 aliphatic heterocycles. The first kappa shape index (κ1) is 19.0. The maximum atomic E-state index is 13.4. The standard InChI is InChI=1S/C20H22BrFN2O2/c1-14-12-24(10-9-23(14)13-19(25)26)20(15-5-7-18(22)8-6-15)16-3-2-4-17(21)11-16/h2-8,11,14,20H,9-10,12-13H2,1H3,(H,25,26)/t14?,20-/m1/s1. The van der Waals surface area contributed by atoms with Gasteiger partial charge < -0.3 is 5.11 Å². The predicted molar refractivity (Wildman–Crippen MR) is 103 cm³/mol. The van der Waals surface area contributed by atoms with Crippen LogP contribution in [0.25, 0.3) is 0 Å². The van der Waals surface area contributed by atoms with Crippen molar-refractivity contribution >= 4 is 21.9 Å². The number of piperazine rings is 1. The molecule has 0 aromatic heterocycles. The summed E-state index contributed by atoms with van der Waals surface area (Å²) < 4.78 is 14.4. The third-order valence-electron chi connectivity index (χ3n) is 4.85. The van der Waals surface area contributed by atoms with Crippen molar-refractivity contribution in [3.8, 4) is 0 Å². The number of halogens is 2. The number of carbonyl (C=O) groups is 1. The molecule has 4 nitrogen and oxygen atoms in total. The van der Waals surface area contributed by atoms with E-state index in [0.717, 1.165) is 28.7 Å². The van der Waals surface area contributed by atoms with Gasteiger partial charge in [0.15, 0.2) is 0 Å². The van der Waals surface area contributed by atoms with Gasteiger partial charge in [-0.2, -0.15) is 0 Å². The zero-order valence-corrected chi connectivity index (χ0v) is 16.2. The molecule has 6 heteroatoms. The third kappa shape index (κ3) is 4.50. The molecule has 0 radical (unpaired) electrons. The van der Waals surface area contributed by atoms with Gasteiger partial charge in [0.2, 0.25) is 0 Å². The summed E-state index contributed by atoms with van der Waals surface area (Å²) in [5, 5.41) is 9.08. The lowest BCUT2D eigenvalue weighted by Crippen LogP contribution is -2.54. The molecule has 3 rings (SSSR count). The highest BCUT2D eigenvalue weighted by atomic mass is 79.9. The van der Waals surface area contributed by atoms with Crippen LogP contribution in [0.4, 0.5) is 4.39 Å². The Hall–Kier alpha value is -1.76. The van der Waals surface area contributed by atoms with Crippen molar-refractivity contribution in [1.82, 2.24) is 9.80 Å². The summed E-state index contributed by atoms with van der Waals surface area (Å²) >= 11 is 3.54. The van der Waals surface area contributed by atoms with Gasteiger partial charge in [-0.25, -0.2) is 4.39 Å². The summed E-state index contributed by atoms with van der Waals surface area (Å²) in [6.07, 6.45) is 0. The summed E-state index contributed by atoms with van der Waals surface area (Å²) in [6, 6.07) is 14.9.